The Bertz CT molecular complexity index is 754. The minimum absolute atomic E-state index is 0.00875. The van der Waals surface area contributed by atoms with Crippen LogP contribution >= 0.6 is 0 Å². The highest BCUT2D eigenvalue weighted by Crippen LogP contribution is 2.29. The highest BCUT2D eigenvalue weighted by Gasteiger charge is 2.18. The second-order valence-corrected chi connectivity index (χ2v) is 8.22. The number of pyridine rings is 1. The number of ether oxygens (including phenoxy) is 4. The number of rotatable bonds is 5. The molecule has 1 saturated heterocycles. The van der Waals surface area contributed by atoms with Crippen molar-refractivity contribution in [3.63, 3.8) is 0 Å². The third-order valence-corrected chi connectivity index (χ3v) is 4.60. The van der Waals surface area contributed by atoms with E-state index in [4.69, 9.17) is 29.8 Å². The Kier molecular flexibility index (Phi) is 16.3. The topological polar surface area (TPSA) is 147 Å². The minimum atomic E-state index is -0.787. The number of carbonyl (C=O) groups is 3. The standard InChI is InChI=1S/C11H20O3.C9H10N2O4.C4H10O/c1-9-8-10(13-2)6-4-3-5-7-11(12)14-9;1-5(12)15-8-6(14-2)3-4-11-7(8)9(10)13;1-4(2)3-5/h9-10H,3-8H2,1-2H3;3-4H,1-2H3,(H2,10,13);4-5H,3H2,1-2H3. The molecule has 1 fully saturated rings. The summed E-state index contributed by atoms with van der Waals surface area (Å²) in [5.74, 6) is -0.813. The van der Waals surface area contributed by atoms with E-state index in [1.165, 1.54) is 26.3 Å². The van der Waals surface area contributed by atoms with Crippen LogP contribution in [0.3, 0.4) is 0 Å². The Morgan fingerprint density at radius 2 is 1.91 bits per heavy atom. The Hall–Kier alpha value is -2.72. The highest BCUT2D eigenvalue weighted by molar-refractivity contribution is 5.95. The summed E-state index contributed by atoms with van der Waals surface area (Å²) in [6, 6.07) is 1.46. The maximum absolute atomic E-state index is 11.2. The van der Waals surface area contributed by atoms with Gasteiger partial charge in [0.1, 0.15) is 6.10 Å². The molecule has 1 aromatic heterocycles. The Balaban J connectivity index is 0.000000537. The van der Waals surface area contributed by atoms with Gasteiger partial charge in [-0.25, -0.2) is 4.98 Å². The number of esters is 2. The van der Waals surface area contributed by atoms with E-state index in [0.717, 1.165) is 32.1 Å². The fourth-order valence-electron chi connectivity index (χ4n) is 2.86. The number of aromatic nitrogens is 1. The van der Waals surface area contributed by atoms with Gasteiger partial charge in [0.2, 0.25) is 5.75 Å². The van der Waals surface area contributed by atoms with Gasteiger partial charge in [0, 0.05) is 45.7 Å². The molecule has 1 amide bonds. The first-order valence-electron chi connectivity index (χ1n) is 11.4. The van der Waals surface area contributed by atoms with Crippen LogP contribution in [0.1, 0.15) is 76.7 Å². The van der Waals surface area contributed by atoms with Gasteiger partial charge < -0.3 is 29.8 Å². The Labute approximate surface area is 202 Å². The summed E-state index contributed by atoms with van der Waals surface area (Å²) < 4.78 is 20.3. The number of primary amides is 1. The van der Waals surface area contributed by atoms with Crippen molar-refractivity contribution in [2.45, 2.75) is 78.4 Å². The van der Waals surface area contributed by atoms with E-state index in [-0.39, 0.29) is 35.4 Å². The Morgan fingerprint density at radius 1 is 1.26 bits per heavy atom. The molecule has 2 rings (SSSR count). The number of hydrogen-bond donors (Lipinski definition) is 2. The van der Waals surface area contributed by atoms with Gasteiger partial charge in [-0.3, -0.25) is 14.4 Å². The lowest BCUT2D eigenvalue weighted by Gasteiger charge is -2.21. The normalized spacial score (nSPS) is 18.3. The zero-order chi connectivity index (χ0) is 26.1. The highest BCUT2D eigenvalue weighted by atomic mass is 16.6. The molecule has 0 aromatic carbocycles. The molecule has 0 bridgehead atoms. The van der Waals surface area contributed by atoms with E-state index in [1.807, 2.05) is 20.8 Å². The zero-order valence-electron chi connectivity index (χ0n) is 21.2. The SMILES string of the molecule is CC(C)CO.COC1CCCCCC(=O)OC(C)C1.COc1ccnc(C(N)=O)c1OC(C)=O. The summed E-state index contributed by atoms with van der Waals surface area (Å²) in [5, 5.41) is 8.14. The van der Waals surface area contributed by atoms with Crippen LogP contribution in [0.4, 0.5) is 0 Å². The summed E-state index contributed by atoms with van der Waals surface area (Å²) >= 11 is 0. The van der Waals surface area contributed by atoms with E-state index in [1.54, 1.807) is 7.11 Å². The third-order valence-electron chi connectivity index (χ3n) is 4.60. The first kappa shape index (κ1) is 31.3. The monoisotopic (exact) mass is 484 g/mol. The van der Waals surface area contributed by atoms with E-state index in [0.29, 0.717) is 18.9 Å². The van der Waals surface area contributed by atoms with Gasteiger partial charge in [-0.1, -0.05) is 26.7 Å². The number of nitrogens with two attached hydrogens (primary N) is 1. The number of cyclic esters (lactones) is 1. The lowest BCUT2D eigenvalue weighted by Crippen LogP contribution is -2.23. The van der Waals surface area contributed by atoms with Gasteiger partial charge in [-0.2, -0.15) is 0 Å². The average Bonchev–Trinajstić information content (AvgIpc) is 2.78. The number of amides is 1. The fraction of sp³-hybridized carbons (Fsp3) is 0.667. The van der Waals surface area contributed by atoms with E-state index in [9.17, 15) is 14.4 Å². The molecule has 34 heavy (non-hydrogen) atoms. The predicted molar refractivity (Wildman–Crippen MR) is 127 cm³/mol. The molecule has 0 radical (unpaired) electrons. The number of aliphatic hydroxyl groups is 1. The van der Waals surface area contributed by atoms with Crippen LogP contribution in [0.5, 0.6) is 11.5 Å². The van der Waals surface area contributed by atoms with Gasteiger partial charge >= 0.3 is 11.9 Å². The second-order valence-electron chi connectivity index (χ2n) is 8.22. The van der Waals surface area contributed by atoms with Crippen LogP contribution in [0, 0.1) is 5.92 Å². The first-order chi connectivity index (χ1) is 16.0. The number of hydrogen-bond acceptors (Lipinski definition) is 9. The maximum Gasteiger partial charge on any atom is 0.308 e. The van der Waals surface area contributed by atoms with Crippen LogP contribution in [0.15, 0.2) is 12.3 Å². The van der Waals surface area contributed by atoms with Crippen molar-refractivity contribution in [2.75, 3.05) is 20.8 Å². The minimum Gasteiger partial charge on any atom is -0.493 e. The number of nitrogens with zero attached hydrogens (tertiary/aromatic N) is 1. The van der Waals surface area contributed by atoms with Crippen LogP contribution in [-0.2, 0) is 19.1 Å². The quantitative estimate of drug-likeness (QED) is 0.602. The number of aliphatic hydroxyl groups excluding tert-OH is 1. The summed E-state index contributed by atoms with van der Waals surface area (Å²) in [5.41, 5.74) is 4.93. The largest absolute Gasteiger partial charge is 0.493 e. The molecule has 1 aromatic rings. The maximum atomic E-state index is 11.2. The van der Waals surface area contributed by atoms with Gasteiger partial charge in [0.05, 0.1) is 13.2 Å². The molecule has 2 unspecified atom stereocenters. The van der Waals surface area contributed by atoms with Gasteiger partial charge in [0.15, 0.2) is 11.4 Å². The van der Waals surface area contributed by atoms with Crippen molar-refractivity contribution in [3.05, 3.63) is 18.0 Å². The summed E-state index contributed by atoms with van der Waals surface area (Å²) in [6.07, 6.45) is 7.25. The van der Waals surface area contributed by atoms with Gasteiger partial charge in [-0.05, 0) is 25.7 Å². The molecule has 2 atom stereocenters. The fourth-order valence-corrected chi connectivity index (χ4v) is 2.86. The molecule has 2 heterocycles. The third kappa shape index (κ3) is 13.7. The van der Waals surface area contributed by atoms with Crippen LogP contribution in [0.2, 0.25) is 0 Å². The van der Waals surface area contributed by atoms with Crippen molar-refractivity contribution >= 4 is 17.8 Å². The summed E-state index contributed by atoms with van der Waals surface area (Å²) in [6.45, 7) is 7.39. The molecule has 194 valence electrons. The molecular formula is C24H40N2O8. The Morgan fingerprint density at radius 3 is 2.41 bits per heavy atom. The molecule has 10 heteroatoms. The summed E-state index contributed by atoms with van der Waals surface area (Å²) in [4.78, 5) is 36.7. The van der Waals surface area contributed by atoms with Crippen molar-refractivity contribution in [2.24, 2.45) is 11.7 Å². The zero-order valence-corrected chi connectivity index (χ0v) is 21.2. The molecule has 0 spiro atoms. The van der Waals surface area contributed by atoms with Crippen LogP contribution in [0.25, 0.3) is 0 Å². The van der Waals surface area contributed by atoms with Gasteiger partial charge in [0.25, 0.3) is 5.91 Å². The average molecular weight is 485 g/mol. The summed E-state index contributed by atoms with van der Waals surface area (Å²) in [7, 11) is 3.11. The molecule has 1 aliphatic rings. The molecule has 0 saturated carbocycles. The number of methoxy groups -OCH3 is 2. The van der Waals surface area contributed by atoms with E-state index >= 15 is 0 Å². The smallest absolute Gasteiger partial charge is 0.308 e. The van der Waals surface area contributed by atoms with Gasteiger partial charge in [-0.15, -0.1) is 0 Å². The number of carbonyl (C=O) groups excluding carboxylic acids is 3. The van der Waals surface area contributed by atoms with E-state index < -0.39 is 11.9 Å². The van der Waals surface area contributed by atoms with Crippen molar-refractivity contribution in [1.82, 2.24) is 4.98 Å². The van der Waals surface area contributed by atoms with Crippen LogP contribution in [-0.4, -0.2) is 61.0 Å². The van der Waals surface area contributed by atoms with Crippen molar-refractivity contribution in [3.8, 4) is 11.5 Å². The molecule has 1 aliphatic heterocycles. The van der Waals surface area contributed by atoms with Crippen molar-refractivity contribution in [1.29, 1.82) is 0 Å². The lowest BCUT2D eigenvalue weighted by atomic mass is 10.0. The molecular weight excluding hydrogens is 444 g/mol. The predicted octanol–water partition coefficient (Wildman–Crippen LogP) is 3.04. The van der Waals surface area contributed by atoms with Crippen molar-refractivity contribution < 1.29 is 38.4 Å². The first-order valence-corrected chi connectivity index (χ1v) is 11.4. The molecule has 3 N–H and O–H groups in total. The second kappa shape index (κ2) is 17.7. The lowest BCUT2D eigenvalue weighted by molar-refractivity contribution is -0.150. The van der Waals surface area contributed by atoms with Crippen LogP contribution < -0.4 is 15.2 Å². The molecule has 0 aliphatic carbocycles. The molecule has 10 nitrogen and oxygen atoms in total. The van der Waals surface area contributed by atoms with E-state index in [2.05, 4.69) is 4.98 Å².